The van der Waals surface area contributed by atoms with Crippen molar-refractivity contribution in [2.24, 2.45) is 0 Å². The van der Waals surface area contributed by atoms with Gasteiger partial charge in [0.1, 0.15) is 0 Å². The molecule has 1 aliphatic rings. The van der Waals surface area contributed by atoms with Gasteiger partial charge < -0.3 is 5.32 Å². The van der Waals surface area contributed by atoms with Gasteiger partial charge in [0.25, 0.3) is 0 Å². The molecule has 4 heteroatoms. The molecule has 1 heterocycles. The topological polar surface area (TPSA) is 35.6 Å². The molecule has 0 unspecified atom stereocenters. The highest BCUT2D eigenvalue weighted by Gasteiger charge is 2.25. The highest BCUT2D eigenvalue weighted by atomic mass is 16.1. The van der Waals surface area contributed by atoms with Gasteiger partial charge in [-0.1, -0.05) is 6.08 Å². The zero-order valence-corrected chi connectivity index (χ0v) is 12.2. The molecule has 4 nitrogen and oxygen atoms in total. The number of ketones is 1. The molecule has 1 fully saturated rings. The summed E-state index contributed by atoms with van der Waals surface area (Å²) in [5.41, 5.74) is 0.239. The molecule has 0 aromatic heterocycles. The lowest BCUT2D eigenvalue weighted by Gasteiger charge is -2.42. The number of carbonyl (C=O) groups excluding carboxylic acids is 1. The van der Waals surface area contributed by atoms with Crippen LogP contribution < -0.4 is 5.32 Å². The van der Waals surface area contributed by atoms with Crippen molar-refractivity contribution in [2.45, 2.75) is 26.3 Å². The van der Waals surface area contributed by atoms with Gasteiger partial charge in [0, 0.05) is 38.3 Å². The van der Waals surface area contributed by atoms with Gasteiger partial charge in [-0.3, -0.25) is 14.6 Å². The zero-order chi connectivity index (χ0) is 13.6. The highest BCUT2D eigenvalue weighted by molar-refractivity contribution is 5.91. The number of hydrogen-bond donors (Lipinski definition) is 1. The predicted octanol–water partition coefficient (Wildman–Crippen LogP) is 0.747. The lowest BCUT2D eigenvalue weighted by molar-refractivity contribution is -0.116. The van der Waals surface area contributed by atoms with Gasteiger partial charge in [-0.2, -0.15) is 0 Å². The number of rotatable bonds is 5. The molecule has 1 aliphatic heterocycles. The van der Waals surface area contributed by atoms with Crippen molar-refractivity contribution in [2.75, 3.05) is 46.3 Å². The SMILES string of the molecule is CNC/C=C/C(=O)CN1CCN(C(C)(C)C)CC1. The monoisotopic (exact) mass is 253 g/mol. The lowest BCUT2D eigenvalue weighted by atomic mass is 10.0. The van der Waals surface area contributed by atoms with E-state index in [1.165, 1.54) is 0 Å². The molecule has 0 aromatic carbocycles. The molecule has 104 valence electrons. The third-order valence-electron chi connectivity index (χ3n) is 3.33. The Morgan fingerprint density at radius 2 is 1.83 bits per heavy atom. The first-order chi connectivity index (χ1) is 8.43. The summed E-state index contributed by atoms with van der Waals surface area (Å²) >= 11 is 0. The fraction of sp³-hybridized carbons (Fsp3) is 0.786. The molecule has 0 amide bonds. The van der Waals surface area contributed by atoms with Crippen LogP contribution in [-0.4, -0.2) is 67.4 Å². The van der Waals surface area contributed by atoms with E-state index in [0.717, 1.165) is 32.7 Å². The quantitative estimate of drug-likeness (QED) is 0.733. The maximum Gasteiger partial charge on any atom is 0.169 e. The van der Waals surface area contributed by atoms with Crippen molar-refractivity contribution in [3.8, 4) is 0 Å². The van der Waals surface area contributed by atoms with E-state index < -0.39 is 0 Å². The molecular weight excluding hydrogens is 226 g/mol. The molecule has 1 saturated heterocycles. The van der Waals surface area contributed by atoms with Gasteiger partial charge in [-0.25, -0.2) is 0 Å². The first-order valence-corrected chi connectivity index (χ1v) is 6.75. The Hall–Kier alpha value is -0.710. The minimum Gasteiger partial charge on any atom is -0.316 e. The normalized spacial score (nSPS) is 19.6. The van der Waals surface area contributed by atoms with E-state index in [1.807, 2.05) is 13.1 Å². The second-order valence-electron chi connectivity index (χ2n) is 5.86. The van der Waals surface area contributed by atoms with Gasteiger partial charge in [-0.05, 0) is 33.9 Å². The average Bonchev–Trinajstić information content (AvgIpc) is 2.29. The summed E-state index contributed by atoms with van der Waals surface area (Å²) in [6.45, 7) is 12.1. The maximum absolute atomic E-state index is 11.7. The van der Waals surface area contributed by atoms with Crippen molar-refractivity contribution in [3.63, 3.8) is 0 Å². The van der Waals surface area contributed by atoms with E-state index in [4.69, 9.17) is 0 Å². The first-order valence-electron chi connectivity index (χ1n) is 6.75. The van der Waals surface area contributed by atoms with Crippen LogP contribution in [-0.2, 0) is 4.79 Å². The molecule has 0 spiro atoms. The van der Waals surface area contributed by atoms with Gasteiger partial charge >= 0.3 is 0 Å². The zero-order valence-electron chi connectivity index (χ0n) is 12.2. The molecule has 0 bridgehead atoms. The van der Waals surface area contributed by atoms with E-state index in [2.05, 4.69) is 35.9 Å². The second kappa shape index (κ2) is 7.02. The first kappa shape index (κ1) is 15.3. The number of nitrogens with zero attached hydrogens (tertiary/aromatic N) is 2. The fourth-order valence-corrected chi connectivity index (χ4v) is 2.16. The number of likely N-dealkylation sites (N-methyl/N-ethyl adjacent to an activating group) is 1. The highest BCUT2D eigenvalue weighted by Crippen LogP contribution is 2.15. The molecule has 1 rings (SSSR count). The Kier molecular flexibility index (Phi) is 5.99. The van der Waals surface area contributed by atoms with E-state index >= 15 is 0 Å². The van der Waals surface area contributed by atoms with Crippen LogP contribution in [0.2, 0.25) is 0 Å². The molecule has 0 aliphatic carbocycles. The van der Waals surface area contributed by atoms with E-state index in [9.17, 15) is 4.79 Å². The van der Waals surface area contributed by atoms with Crippen molar-refractivity contribution >= 4 is 5.78 Å². The van der Waals surface area contributed by atoms with Gasteiger partial charge in [0.2, 0.25) is 0 Å². The van der Waals surface area contributed by atoms with Crippen molar-refractivity contribution in [3.05, 3.63) is 12.2 Å². The van der Waals surface area contributed by atoms with Gasteiger partial charge in [0.05, 0.1) is 6.54 Å². The average molecular weight is 253 g/mol. The summed E-state index contributed by atoms with van der Waals surface area (Å²) in [6.07, 6.45) is 3.57. The Bertz CT molecular complexity index is 286. The number of piperazine rings is 1. The minimum absolute atomic E-state index is 0.203. The van der Waals surface area contributed by atoms with Crippen LogP contribution >= 0.6 is 0 Å². The summed E-state index contributed by atoms with van der Waals surface area (Å²) in [5, 5.41) is 2.99. The summed E-state index contributed by atoms with van der Waals surface area (Å²) in [5.74, 6) is 0.203. The summed E-state index contributed by atoms with van der Waals surface area (Å²) in [6, 6.07) is 0. The molecule has 1 N–H and O–H groups in total. The fourth-order valence-electron chi connectivity index (χ4n) is 2.16. The van der Waals surface area contributed by atoms with E-state index in [0.29, 0.717) is 6.54 Å². The summed E-state index contributed by atoms with van der Waals surface area (Å²) < 4.78 is 0. The second-order valence-corrected chi connectivity index (χ2v) is 5.86. The largest absolute Gasteiger partial charge is 0.316 e. The maximum atomic E-state index is 11.7. The third kappa shape index (κ3) is 5.29. The van der Waals surface area contributed by atoms with E-state index in [1.54, 1.807) is 6.08 Å². The lowest BCUT2D eigenvalue weighted by Crippen LogP contribution is -2.54. The van der Waals surface area contributed by atoms with Crippen LogP contribution in [0.5, 0.6) is 0 Å². The van der Waals surface area contributed by atoms with Crippen LogP contribution in [0.25, 0.3) is 0 Å². The van der Waals surface area contributed by atoms with Crippen LogP contribution in [0, 0.1) is 0 Å². The molecule has 0 saturated carbocycles. The number of nitrogens with one attached hydrogen (secondary N) is 1. The number of hydrogen-bond acceptors (Lipinski definition) is 4. The summed E-state index contributed by atoms with van der Waals surface area (Å²) in [7, 11) is 1.88. The Labute approximate surface area is 111 Å². The Morgan fingerprint density at radius 3 is 2.33 bits per heavy atom. The minimum atomic E-state index is 0.203. The van der Waals surface area contributed by atoms with Crippen molar-refractivity contribution in [1.82, 2.24) is 15.1 Å². The standard InChI is InChI=1S/C14H27N3O/c1-14(2,3)17-10-8-16(9-11-17)12-13(18)6-5-7-15-4/h5-6,15H,7-12H2,1-4H3/b6-5+. The number of carbonyl (C=O) groups is 1. The predicted molar refractivity (Wildman–Crippen MR) is 75.8 cm³/mol. The van der Waals surface area contributed by atoms with Crippen LogP contribution in [0.4, 0.5) is 0 Å². The van der Waals surface area contributed by atoms with Crippen LogP contribution in [0.3, 0.4) is 0 Å². The van der Waals surface area contributed by atoms with Crippen LogP contribution in [0.15, 0.2) is 12.2 Å². The Balaban J connectivity index is 2.29. The van der Waals surface area contributed by atoms with Crippen molar-refractivity contribution < 1.29 is 4.79 Å². The summed E-state index contributed by atoms with van der Waals surface area (Å²) in [4.78, 5) is 16.4. The Morgan fingerprint density at radius 1 is 1.22 bits per heavy atom. The van der Waals surface area contributed by atoms with Gasteiger partial charge in [0.15, 0.2) is 5.78 Å². The molecular formula is C14H27N3O. The molecule has 0 radical (unpaired) electrons. The van der Waals surface area contributed by atoms with Crippen LogP contribution in [0.1, 0.15) is 20.8 Å². The van der Waals surface area contributed by atoms with E-state index in [-0.39, 0.29) is 11.3 Å². The van der Waals surface area contributed by atoms with Gasteiger partial charge in [-0.15, -0.1) is 0 Å². The molecule has 18 heavy (non-hydrogen) atoms. The smallest absolute Gasteiger partial charge is 0.169 e. The molecule has 0 atom stereocenters. The third-order valence-corrected chi connectivity index (χ3v) is 3.33. The molecule has 0 aromatic rings. The van der Waals surface area contributed by atoms with Crippen molar-refractivity contribution in [1.29, 1.82) is 0 Å².